The second-order valence-electron chi connectivity index (χ2n) is 4.67. The predicted octanol–water partition coefficient (Wildman–Crippen LogP) is 4.22. The Kier molecular flexibility index (Phi) is 3.36. The molecule has 0 radical (unpaired) electrons. The van der Waals surface area contributed by atoms with E-state index < -0.39 is 0 Å². The number of hydrogen-bond donors (Lipinski definition) is 0. The molecule has 0 saturated carbocycles. The van der Waals surface area contributed by atoms with E-state index in [4.69, 9.17) is 11.6 Å². The van der Waals surface area contributed by atoms with E-state index in [1.54, 1.807) is 0 Å². The highest BCUT2D eigenvalue weighted by Crippen LogP contribution is 2.27. The van der Waals surface area contributed by atoms with Crippen LogP contribution in [0.5, 0.6) is 0 Å². The second kappa shape index (κ2) is 5.17. The van der Waals surface area contributed by atoms with E-state index in [1.807, 2.05) is 44.3 Å². The van der Waals surface area contributed by atoms with Gasteiger partial charge in [0.05, 0.1) is 11.2 Å². The monoisotopic (exact) mass is 283 g/mol. The van der Waals surface area contributed by atoms with E-state index in [1.165, 1.54) is 0 Å². The van der Waals surface area contributed by atoms with Crippen molar-refractivity contribution < 1.29 is 0 Å². The number of aryl methyl sites for hydroxylation is 1. The molecule has 100 valence electrons. The van der Waals surface area contributed by atoms with Crippen LogP contribution in [0.1, 0.15) is 18.3 Å². The minimum absolute atomic E-state index is 0.514. The third-order valence-corrected chi connectivity index (χ3v) is 3.68. The number of fused-ring (bicyclic) bond motifs is 1. The minimum atomic E-state index is 0.514. The molecular formula is C16H14ClN3. The number of halogens is 1. The van der Waals surface area contributed by atoms with Crippen molar-refractivity contribution in [3.05, 3.63) is 53.1 Å². The fraction of sp³-hybridized carbons (Fsp3) is 0.188. The molecule has 3 rings (SSSR count). The van der Waals surface area contributed by atoms with Crippen molar-refractivity contribution in [2.24, 2.45) is 0 Å². The van der Waals surface area contributed by atoms with Gasteiger partial charge >= 0.3 is 0 Å². The third-order valence-electron chi connectivity index (χ3n) is 3.31. The summed E-state index contributed by atoms with van der Waals surface area (Å²) in [5, 5.41) is 1.61. The van der Waals surface area contributed by atoms with Crippen LogP contribution < -0.4 is 0 Å². The summed E-state index contributed by atoms with van der Waals surface area (Å²) >= 11 is 6.19. The van der Waals surface area contributed by atoms with Crippen molar-refractivity contribution in [3.8, 4) is 11.3 Å². The van der Waals surface area contributed by atoms with Gasteiger partial charge in [0.2, 0.25) is 0 Å². The number of benzene rings is 1. The lowest BCUT2D eigenvalue weighted by molar-refractivity contribution is 0.934. The van der Waals surface area contributed by atoms with Crippen LogP contribution in [-0.4, -0.2) is 15.0 Å². The lowest BCUT2D eigenvalue weighted by Gasteiger charge is -2.09. The summed E-state index contributed by atoms with van der Waals surface area (Å²) in [6, 6.07) is 10.1. The van der Waals surface area contributed by atoms with Crippen LogP contribution in [-0.2, 0) is 6.42 Å². The minimum Gasteiger partial charge on any atom is -0.256 e. The molecule has 0 aliphatic heterocycles. The predicted molar refractivity (Wildman–Crippen MR) is 81.9 cm³/mol. The summed E-state index contributed by atoms with van der Waals surface area (Å²) in [5.74, 6) is 0.753. The molecule has 4 heteroatoms. The first kappa shape index (κ1) is 13.0. The first-order valence-electron chi connectivity index (χ1n) is 6.57. The van der Waals surface area contributed by atoms with Gasteiger partial charge in [0.25, 0.3) is 0 Å². The van der Waals surface area contributed by atoms with Crippen LogP contribution >= 0.6 is 11.6 Å². The average Bonchev–Trinajstić information content (AvgIpc) is 2.49. The zero-order valence-corrected chi connectivity index (χ0v) is 12.1. The molecule has 0 bridgehead atoms. The van der Waals surface area contributed by atoms with Crippen LogP contribution in [0.3, 0.4) is 0 Å². The zero-order valence-electron chi connectivity index (χ0n) is 11.4. The van der Waals surface area contributed by atoms with Crippen molar-refractivity contribution >= 4 is 22.5 Å². The molecule has 20 heavy (non-hydrogen) atoms. The van der Waals surface area contributed by atoms with Gasteiger partial charge in [0.1, 0.15) is 11.0 Å². The maximum atomic E-state index is 6.19. The fourth-order valence-corrected chi connectivity index (χ4v) is 2.36. The normalized spacial score (nSPS) is 10.9. The Hall–Kier alpha value is -2.00. The Morgan fingerprint density at radius 1 is 1.15 bits per heavy atom. The van der Waals surface area contributed by atoms with Crippen LogP contribution in [0, 0.1) is 6.92 Å². The first-order valence-corrected chi connectivity index (χ1v) is 6.95. The van der Waals surface area contributed by atoms with Crippen LogP contribution in [0.4, 0.5) is 0 Å². The highest BCUT2D eigenvalue weighted by Gasteiger charge is 2.11. The van der Waals surface area contributed by atoms with Gasteiger partial charge in [0, 0.05) is 29.1 Å². The quantitative estimate of drug-likeness (QED) is 0.661. The van der Waals surface area contributed by atoms with E-state index in [0.29, 0.717) is 5.15 Å². The van der Waals surface area contributed by atoms with Crippen molar-refractivity contribution in [1.82, 2.24) is 15.0 Å². The van der Waals surface area contributed by atoms with Gasteiger partial charge in [-0.05, 0) is 19.1 Å². The Morgan fingerprint density at radius 3 is 2.75 bits per heavy atom. The highest BCUT2D eigenvalue weighted by molar-refractivity contribution is 6.30. The number of hydrogen-bond acceptors (Lipinski definition) is 3. The zero-order chi connectivity index (χ0) is 14.1. The van der Waals surface area contributed by atoms with Gasteiger partial charge in [0.15, 0.2) is 0 Å². The van der Waals surface area contributed by atoms with Crippen LogP contribution in [0.15, 0.2) is 36.5 Å². The highest BCUT2D eigenvalue weighted by atomic mass is 35.5. The molecule has 0 aliphatic rings. The standard InChI is InChI=1S/C16H14ClN3/c1-3-14-19-15(10(2)16(17)20-14)12-8-11-6-4-5-7-13(11)18-9-12/h4-9H,3H2,1-2H3. The summed E-state index contributed by atoms with van der Waals surface area (Å²) in [4.78, 5) is 13.3. The maximum Gasteiger partial charge on any atom is 0.136 e. The summed E-state index contributed by atoms with van der Waals surface area (Å²) in [5.41, 5.74) is 3.70. The molecule has 2 heterocycles. The molecule has 0 N–H and O–H groups in total. The molecule has 0 fully saturated rings. The van der Waals surface area contributed by atoms with Crippen LogP contribution in [0.25, 0.3) is 22.2 Å². The van der Waals surface area contributed by atoms with Crippen LogP contribution in [0.2, 0.25) is 5.15 Å². The number of rotatable bonds is 2. The van der Waals surface area contributed by atoms with Gasteiger partial charge in [-0.3, -0.25) is 4.98 Å². The Balaban J connectivity index is 2.22. The topological polar surface area (TPSA) is 38.7 Å². The van der Waals surface area contributed by atoms with Crippen molar-refractivity contribution in [1.29, 1.82) is 0 Å². The Labute approximate surface area is 122 Å². The number of nitrogens with zero attached hydrogens (tertiary/aromatic N) is 3. The molecule has 0 amide bonds. The fourth-order valence-electron chi connectivity index (χ4n) is 2.17. The Bertz CT molecular complexity index is 784. The van der Waals surface area contributed by atoms with E-state index in [9.17, 15) is 0 Å². The smallest absolute Gasteiger partial charge is 0.136 e. The van der Waals surface area contributed by atoms with E-state index in [0.717, 1.165) is 40.0 Å². The van der Waals surface area contributed by atoms with Gasteiger partial charge in [-0.15, -0.1) is 0 Å². The van der Waals surface area contributed by atoms with E-state index in [2.05, 4.69) is 21.0 Å². The second-order valence-corrected chi connectivity index (χ2v) is 5.03. The van der Waals surface area contributed by atoms with Crippen molar-refractivity contribution in [2.45, 2.75) is 20.3 Å². The molecule has 2 aromatic heterocycles. The van der Waals surface area contributed by atoms with E-state index >= 15 is 0 Å². The number of aromatic nitrogens is 3. The number of para-hydroxylation sites is 1. The molecule has 0 atom stereocenters. The van der Waals surface area contributed by atoms with Gasteiger partial charge in [-0.1, -0.05) is 36.7 Å². The lowest BCUT2D eigenvalue weighted by Crippen LogP contribution is -1.99. The lowest BCUT2D eigenvalue weighted by atomic mass is 10.1. The number of pyridine rings is 1. The summed E-state index contributed by atoms with van der Waals surface area (Å²) in [6.45, 7) is 3.95. The molecule has 0 spiro atoms. The molecule has 1 aromatic carbocycles. The molecule has 0 saturated heterocycles. The molecule has 3 aromatic rings. The van der Waals surface area contributed by atoms with Gasteiger partial charge in [-0.2, -0.15) is 0 Å². The average molecular weight is 284 g/mol. The van der Waals surface area contributed by atoms with Gasteiger partial charge in [-0.25, -0.2) is 9.97 Å². The molecule has 3 nitrogen and oxygen atoms in total. The van der Waals surface area contributed by atoms with Crippen molar-refractivity contribution in [3.63, 3.8) is 0 Å². The third kappa shape index (κ3) is 2.25. The Morgan fingerprint density at radius 2 is 1.95 bits per heavy atom. The largest absolute Gasteiger partial charge is 0.256 e. The summed E-state index contributed by atoms with van der Waals surface area (Å²) in [6.07, 6.45) is 2.60. The van der Waals surface area contributed by atoms with Gasteiger partial charge < -0.3 is 0 Å². The summed E-state index contributed by atoms with van der Waals surface area (Å²) < 4.78 is 0. The first-order chi connectivity index (χ1) is 9.69. The molecular weight excluding hydrogens is 270 g/mol. The SMILES string of the molecule is CCc1nc(Cl)c(C)c(-c2cnc3ccccc3c2)n1. The summed E-state index contributed by atoms with van der Waals surface area (Å²) in [7, 11) is 0. The van der Waals surface area contributed by atoms with Crippen molar-refractivity contribution in [2.75, 3.05) is 0 Å². The molecule has 0 aliphatic carbocycles. The molecule has 0 unspecified atom stereocenters. The maximum absolute atomic E-state index is 6.19. The van der Waals surface area contributed by atoms with E-state index in [-0.39, 0.29) is 0 Å².